The predicted molar refractivity (Wildman–Crippen MR) is 186 cm³/mol. The lowest BCUT2D eigenvalue weighted by atomic mass is 10.1. The maximum atomic E-state index is 13.5. The topological polar surface area (TPSA) is 133 Å². The summed E-state index contributed by atoms with van der Waals surface area (Å²) in [5, 5.41) is 2.78. The number of aliphatic imine (C=N–C) groups is 2. The summed E-state index contributed by atoms with van der Waals surface area (Å²) in [6.45, 7) is 5.80. The first-order valence-electron chi connectivity index (χ1n) is 16.4. The zero-order valence-corrected chi connectivity index (χ0v) is 27.8. The van der Waals surface area contributed by atoms with Gasteiger partial charge in [0.15, 0.2) is 0 Å². The monoisotopic (exact) mass is 691 g/mol. The Morgan fingerprint density at radius 3 is 2.36 bits per heavy atom. The van der Waals surface area contributed by atoms with Gasteiger partial charge in [0, 0.05) is 68.7 Å². The molecule has 14 heteroatoms. The second-order valence-corrected chi connectivity index (χ2v) is 12.1. The van der Waals surface area contributed by atoms with Crippen LogP contribution in [0.3, 0.4) is 0 Å². The number of hydrogen-bond acceptors (Lipinski definition) is 6. The average Bonchev–Trinajstić information content (AvgIpc) is 3.14. The number of amides is 3. The van der Waals surface area contributed by atoms with Gasteiger partial charge in [0.05, 0.1) is 30.0 Å². The lowest BCUT2D eigenvalue weighted by Gasteiger charge is -2.29. The Morgan fingerprint density at radius 1 is 0.920 bits per heavy atom. The van der Waals surface area contributed by atoms with Gasteiger partial charge >= 0.3 is 6.18 Å². The number of morpholine rings is 1. The van der Waals surface area contributed by atoms with E-state index in [0.29, 0.717) is 31.9 Å². The van der Waals surface area contributed by atoms with Crippen LogP contribution in [0.15, 0.2) is 76.7 Å². The number of benzene rings is 3. The number of rotatable bonds is 10. The molecule has 50 heavy (non-hydrogen) atoms. The Morgan fingerprint density at radius 2 is 1.62 bits per heavy atom. The van der Waals surface area contributed by atoms with Crippen molar-refractivity contribution in [2.24, 2.45) is 15.7 Å². The number of amidine groups is 1. The Kier molecular flexibility index (Phi) is 12.0. The zero-order valence-electron chi connectivity index (χ0n) is 27.8. The second kappa shape index (κ2) is 16.5. The molecule has 0 bridgehead atoms. The third kappa shape index (κ3) is 9.54. The molecule has 0 radical (unpaired) electrons. The van der Waals surface area contributed by atoms with Crippen LogP contribution in [0.2, 0.25) is 0 Å². The fraction of sp³-hybridized carbons (Fsp3) is 0.361. The molecule has 0 spiro atoms. The van der Waals surface area contributed by atoms with E-state index in [2.05, 4.69) is 25.1 Å². The standard InChI is InChI=1S/C36H40F3N7O4/c1-44(15-16-45-17-19-50-20-18-45)35(49)27-9-5-8-26(21-27)33(47)43-31-12-11-29(46-13-3-2-4-14-46)23-30(31)34(48)42-24-41-32(40)25-7-6-10-28(22-25)36(37,38)39/h5-12,21-24H,2-4,13-20H2,1H3,(H,43,47)(H2,40,41,42,48). The van der Waals surface area contributed by atoms with Crippen LogP contribution in [0.5, 0.6) is 0 Å². The summed E-state index contributed by atoms with van der Waals surface area (Å²) in [7, 11) is 1.72. The number of halogens is 3. The normalized spacial score (nSPS) is 16.0. The minimum atomic E-state index is -4.56. The molecule has 11 nitrogen and oxygen atoms in total. The number of nitrogens with one attached hydrogen (secondary N) is 1. The van der Waals surface area contributed by atoms with Crippen molar-refractivity contribution in [3.63, 3.8) is 0 Å². The number of piperidine rings is 1. The minimum absolute atomic E-state index is 0.0165. The van der Waals surface area contributed by atoms with Crippen LogP contribution in [0.25, 0.3) is 0 Å². The summed E-state index contributed by atoms with van der Waals surface area (Å²) in [6.07, 6.45) is -0.572. The molecule has 2 heterocycles. The number of likely N-dealkylation sites (N-methyl/N-ethyl adjacent to an activating group) is 1. The number of carbonyl (C=O) groups excluding carboxylic acids is 3. The van der Waals surface area contributed by atoms with E-state index in [-0.39, 0.29) is 34.1 Å². The fourth-order valence-electron chi connectivity index (χ4n) is 5.74. The molecule has 0 aliphatic carbocycles. The summed E-state index contributed by atoms with van der Waals surface area (Å²) in [5.74, 6) is -1.77. The van der Waals surface area contributed by atoms with Crippen LogP contribution in [-0.4, -0.2) is 99.2 Å². The lowest BCUT2D eigenvalue weighted by molar-refractivity contribution is -0.137. The molecule has 0 atom stereocenters. The molecule has 3 N–H and O–H groups in total. The van der Waals surface area contributed by atoms with E-state index in [1.54, 1.807) is 42.3 Å². The van der Waals surface area contributed by atoms with Crippen LogP contribution >= 0.6 is 0 Å². The quantitative estimate of drug-likeness (QED) is 0.228. The van der Waals surface area contributed by atoms with Gasteiger partial charge in [-0.05, 0) is 67.8 Å². The Bertz CT molecular complexity index is 1750. The molecule has 3 aromatic rings. The molecule has 3 aromatic carbocycles. The number of nitrogens with two attached hydrogens (primary N) is 1. The number of carbonyl (C=O) groups is 3. The summed E-state index contributed by atoms with van der Waals surface area (Å²) >= 11 is 0. The molecular formula is C36H40F3N7O4. The highest BCUT2D eigenvalue weighted by atomic mass is 19.4. The first-order chi connectivity index (χ1) is 24.0. The lowest BCUT2D eigenvalue weighted by Crippen LogP contribution is -2.41. The number of ether oxygens (including phenoxy) is 1. The van der Waals surface area contributed by atoms with E-state index in [0.717, 1.165) is 69.6 Å². The summed E-state index contributed by atoms with van der Waals surface area (Å²) in [4.78, 5) is 53.9. The van der Waals surface area contributed by atoms with Crippen molar-refractivity contribution in [2.45, 2.75) is 25.4 Å². The van der Waals surface area contributed by atoms with Gasteiger partial charge in [0.2, 0.25) is 0 Å². The molecular weight excluding hydrogens is 651 g/mol. The highest BCUT2D eigenvalue weighted by molar-refractivity contribution is 6.12. The Balaban J connectivity index is 1.33. The number of hydrogen-bond donors (Lipinski definition) is 2. The minimum Gasteiger partial charge on any atom is -0.383 e. The van der Waals surface area contributed by atoms with E-state index in [4.69, 9.17) is 10.5 Å². The molecule has 0 saturated carbocycles. The highest BCUT2D eigenvalue weighted by Crippen LogP contribution is 2.30. The van der Waals surface area contributed by atoms with Gasteiger partial charge in [-0.15, -0.1) is 0 Å². The van der Waals surface area contributed by atoms with Crippen molar-refractivity contribution < 1.29 is 32.3 Å². The summed E-state index contributed by atoms with van der Waals surface area (Å²) in [6, 6.07) is 15.8. The smallest absolute Gasteiger partial charge is 0.383 e. The number of alkyl halides is 3. The van der Waals surface area contributed by atoms with Gasteiger partial charge in [-0.1, -0.05) is 18.2 Å². The summed E-state index contributed by atoms with van der Waals surface area (Å²) in [5.41, 5.74) is 6.65. The van der Waals surface area contributed by atoms with Crippen molar-refractivity contribution >= 4 is 41.3 Å². The molecule has 2 aliphatic heterocycles. The predicted octanol–water partition coefficient (Wildman–Crippen LogP) is 4.93. The van der Waals surface area contributed by atoms with E-state index >= 15 is 0 Å². The SMILES string of the molecule is CN(CCN1CCOCC1)C(=O)c1cccc(C(=O)Nc2ccc(N3CCCCC3)cc2C(=O)N=CN=C(N)c2cccc(C(F)(F)F)c2)c1. The maximum Gasteiger partial charge on any atom is 0.416 e. The van der Waals surface area contributed by atoms with Crippen molar-refractivity contribution in [1.82, 2.24) is 9.80 Å². The fourth-order valence-corrected chi connectivity index (χ4v) is 5.74. The molecule has 3 amide bonds. The van der Waals surface area contributed by atoms with Crippen LogP contribution in [0, 0.1) is 0 Å². The third-order valence-corrected chi connectivity index (χ3v) is 8.63. The number of anilines is 2. The van der Waals surface area contributed by atoms with E-state index in [9.17, 15) is 27.6 Å². The van der Waals surface area contributed by atoms with Gasteiger partial charge in [-0.2, -0.15) is 18.2 Å². The van der Waals surface area contributed by atoms with Gasteiger partial charge in [0.25, 0.3) is 17.7 Å². The van der Waals surface area contributed by atoms with E-state index in [1.165, 1.54) is 18.2 Å². The first-order valence-corrected chi connectivity index (χ1v) is 16.4. The van der Waals surface area contributed by atoms with Crippen LogP contribution in [0.1, 0.15) is 61.5 Å². The van der Waals surface area contributed by atoms with Crippen molar-refractivity contribution in [3.8, 4) is 0 Å². The van der Waals surface area contributed by atoms with Crippen LogP contribution < -0.4 is 16.0 Å². The van der Waals surface area contributed by atoms with E-state index < -0.39 is 23.6 Å². The Hall–Kier alpha value is -5.08. The third-order valence-electron chi connectivity index (χ3n) is 8.63. The summed E-state index contributed by atoms with van der Waals surface area (Å²) < 4.78 is 44.8. The second-order valence-electron chi connectivity index (χ2n) is 12.1. The van der Waals surface area contributed by atoms with Gasteiger partial charge in [0.1, 0.15) is 12.2 Å². The largest absolute Gasteiger partial charge is 0.416 e. The number of nitrogens with zero attached hydrogens (tertiary/aromatic N) is 5. The van der Waals surface area contributed by atoms with Gasteiger partial charge < -0.3 is 25.6 Å². The van der Waals surface area contributed by atoms with Gasteiger partial charge in [-0.3, -0.25) is 19.3 Å². The average molecular weight is 692 g/mol. The van der Waals surface area contributed by atoms with Crippen molar-refractivity contribution in [2.75, 3.05) is 69.7 Å². The zero-order chi connectivity index (χ0) is 35.7. The highest BCUT2D eigenvalue weighted by Gasteiger charge is 2.30. The van der Waals surface area contributed by atoms with Gasteiger partial charge in [-0.25, -0.2) is 4.99 Å². The van der Waals surface area contributed by atoms with Crippen molar-refractivity contribution in [3.05, 3.63) is 94.5 Å². The molecule has 5 rings (SSSR count). The van der Waals surface area contributed by atoms with Crippen LogP contribution in [-0.2, 0) is 10.9 Å². The van der Waals surface area contributed by atoms with E-state index in [1.807, 2.05) is 6.07 Å². The Labute approximate surface area is 288 Å². The maximum absolute atomic E-state index is 13.5. The molecule has 264 valence electrons. The van der Waals surface area contributed by atoms with Crippen LogP contribution in [0.4, 0.5) is 24.5 Å². The molecule has 2 fully saturated rings. The first kappa shape index (κ1) is 36.2. The molecule has 2 aliphatic rings. The molecule has 2 saturated heterocycles. The molecule has 0 unspecified atom stereocenters. The molecule has 0 aromatic heterocycles. The van der Waals surface area contributed by atoms with Crippen molar-refractivity contribution in [1.29, 1.82) is 0 Å².